The highest BCUT2D eigenvalue weighted by Crippen LogP contribution is 2.25. The van der Waals surface area contributed by atoms with Gasteiger partial charge in [-0.15, -0.1) is 0 Å². The summed E-state index contributed by atoms with van der Waals surface area (Å²) >= 11 is 0. The third-order valence-electron chi connectivity index (χ3n) is 3.05. The Hall–Kier alpha value is -0.330. The van der Waals surface area contributed by atoms with Gasteiger partial charge in [0.25, 0.3) is 0 Å². The van der Waals surface area contributed by atoms with Crippen molar-refractivity contribution < 1.29 is 17.9 Å². The predicted octanol–water partition coefficient (Wildman–Crippen LogP) is 1.00. The number of rotatable bonds is 4. The lowest BCUT2D eigenvalue weighted by molar-refractivity contribution is -0.125. The van der Waals surface area contributed by atoms with E-state index in [9.17, 15) is 13.2 Å². The van der Waals surface area contributed by atoms with Crippen LogP contribution in [0.2, 0.25) is 0 Å². The average Bonchev–Trinajstić information content (AvgIpc) is 2.52. The minimum absolute atomic E-state index is 0.307. The SMILES string of the molecule is FC(F)(F)CNCCN1CC2CCC(C1)O2. The van der Waals surface area contributed by atoms with E-state index in [0.717, 1.165) is 25.9 Å². The van der Waals surface area contributed by atoms with Crippen LogP contribution in [0, 0.1) is 0 Å². The molecule has 0 aromatic heterocycles. The molecule has 0 saturated carbocycles. The number of likely N-dealkylation sites (tertiary alicyclic amines) is 1. The van der Waals surface area contributed by atoms with Gasteiger partial charge in [0.05, 0.1) is 18.8 Å². The van der Waals surface area contributed by atoms with Crippen molar-refractivity contribution in [2.75, 3.05) is 32.7 Å². The summed E-state index contributed by atoms with van der Waals surface area (Å²) in [6, 6.07) is 0. The van der Waals surface area contributed by atoms with E-state index in [1.54, 1.807) is 0 Å². The molecule has 2 atom stereocenters. The Labute approximate surface area is 92.9 Å². The van der Waals surface area contributed by atoms with Gasteiger partial charge in [0.1, 0.15) is 0 Å². The molecule has 2 aliphatic heterocycles. The van der Waals surface area contributed by atoms with Crippen LogP contribution in [-0.4, -0.2) is 56.0 Å². The maximum atomic E-state index is 11.9. The lowest BCUT2D eigenvalue weighted by Gasteiger charge is -2.32. The molecule has 2 unspecified atom stereocenters. The molecule has 2 aliphatic rings. The summed E-state index contributed by atoms with van der Waals surface area (Å²) in [6.45, 7) is 1.89. The van der Waals surface area contributed by atoms with Crippen LogP contribution in [0.25, 0.3) is 0 Å². The molecule has 0 aromatic rings. The van der Waals surface area contributed by atoms with Crippen molar-refractivity contribution in [3.8, 4) is 0 Å². The van der Waals surface area contributed by atoms with Crippen molar-refractivity contribution in [2.24, 2.45) is 0 Å². The Morgan fingerprint density at radius 2 is 1.81 bits per heavy atom. The number of morpholine rings is 1. The summed E-state index contributed by atoms with van der Waals surface area (Å²) in [6.07, 6.45) is -1.30. The molecule has 2 fully saturated rings. The van der Waals surface area contributed by atoms with Crippen LogP contribution in [0.5, 0.6) is 0 Å². The number of ether oxygens (including phenoxy) is 1. The summed E-state index contributed by atoms with van der Waals surface area (Å²) in [5.41, 5.74) is 0. The van der Waals surface area contributed by atoms with Gasteiger partial charge in [-0.25, -0.2) is 0 Å². The molecule has 94 valence electrons. The molecule has 2 bridgehead atoms. The number of halogens is 3. The van der Waals surface area contributed by atoms with E-state index in [1.165, 1.54) is 0 Å². The summed E-state index contributed by atoms with van der Waals surface area (Å²) in [4.78, 5) is 2.19. The Morgan fingerprint density at radius 3 is 2.38 bits per heavy atom. The molecular formula is C10H17F3N2O. The highest BCUT2D eigenvalue weighted by Gasteiger charge is 2.33. The molecule has 0 radical (unpaired) electrons. The lowest BCUT2D eigenvalue weighted by atomic mass is 10.2. The van der Waals surface area contributed by atoms with Gasteiger partial charge >= 0.3 is 6.18 Å². The fourth-order valence-corrected chi connectivity index (χ4v) is 2.35. The molecular weight excluding hydrogens is 221 g/mol. The normalized spacial score (nSPS) is 30.9. The fourth-order valence-electron chi connectivity index (χ4n) is 2.35. The number of fused-ring (bicyclic) bond motifs is 2. The molecule has 0 spiro atoms. The highest BCUT2D eigenvalue weighted by molar-refractivity contribution is 4.84. The zero-order chi connectivity index (χ0) is 11.6. The number of hydrogen-bond acceptors (Lipinski definition) is 3. The maximum absolute atomic E-state index is 11.9. The topological polar surface area (TPSA) is 24.5 Å². The molecule has 2 rings (SSSR count). The Kier molecular flexibility index (Phi) is 3.71. The maximum Gasteiger partial charge on any atom is 0.401 e. The summed E-state index contributed by atoms with van der Waals surface area (Å²) in [5, 5.41) is 2.42. The first-order chi connectivity index (χ1) is 7.53. The van der Waals surface area contributed by atoms with Crippen molar-refractivity contribution in [1.82, 2.24) is 10.2 Å². The van der Waals surface area contributed by atoms with E-state index in [-0.39, 0.29) is 0 Å². The van der Waals surface area contributed by atoms with E-state index >= 15 is 0 Å². The standard InChI is InChI=1S/C10H17F3N2O/c11-10(12,13)7-14-3-4-15-5-8-1-2-9(6-15)16-8/h8-9,14H,1-7H2. The molecule has 2 heterocycles. The van der Waals surface area contributed by atoms with E-state index in [2.05, 4.69) is 10.2 Å². The molecule has 0 amide bonds. The van der Waals surface area contributed by atoms with Crippen LogP contribution in [0.3, 0.4) is 0 Å². The zero-order valence-corrected chi connectivity index (χ0v) is 9.09. The van der Waals surface area contributed by atoms with Gasteiger partial charge in [-0.1, -0.05) is 0 Å². The number of nitrogens with one attached hydrogen (secondary N) is 1. The van der Waals surface area contributed by atoms with Gasteiger partial charge in [-0.05, 0) is 12.8 Å². The predicted molar refractivity (Wildman–Crippen MR) is 53.3 cm³/mol. The highest BCUT2D eigenvalue weighted by atomic mass is 19.4. The first kappa shape index (κ1) is 12.1. The fraction of sp³-hybridized carbons (Fsp3) is 1.00. The van der Waals surface area contributed by atoms with E-state index < -0.39 is 12.7 Å². The van der Waals surface area contributed by atoms with E-state index in [4.69, 9.17) is 4.74 Å². The monoisotopic (exact) mass is 238 g/mol. The number of alkyl halides is 3. The third kappa shape index (κ3) is 3.61. The summed E-state index contributed by atoms with van der Waals surface area (Å²) in [5.74, 6) is 0. The first-order valence-electron chi connectivity index (χ1n) is 5.68. The van der Waals surface area contributed by atoms with Crippen molar-refractivity contribution in [1.29, 1.82) is 0 Å². The van der Waals surface area contributed by atoms with Gasteiger partial charge in [-0.3, -0.25) is 4.90 Å². The molecule has 16 heavy (non-hydrogen) atoms. The van der Waals surface area contributed by atoms with Crippen LogP contribution in [0.4, 0.5) is 13.2 Å². The van der Waals surface area contributed by atoms with Crippen LogP contribution < -0.4 is 5.32 Å². The van der Waals surface area contributed by atoms with Crippen LogP contribution in [0.1, 0.15) is 12.8 Å². The second-order valence-corrected chi connectivity index (χ2v) is 4.51. The third-order valence-corrected chi connectivity index (χ3v) is 3.05. The zero-order valence-electron chi connectivity index (χ0n) is 9.09. The van der Waals surface area contributed by atoms with Gasteiger partial charge in [-0.2, -0.15) is 13.2 Å². The molecule has 0 aliphatic carbocycles. The van der Waals surface area contributed by atoms with Gasteiger partial charge < -0.3 is 10.1 Å². The minimum Gasteiger partial charge on any atom is -0.372 e. The van der Waals surface area contributed by atoms with Crippen LogP contribution >= 0.6 is 0 Å². The smallest absolute Gasteiger partial charge is 0.372 e. The Morgan fingerprint density at radius 1 is 1.19 bits per heavy atom. The largest absolute Gasteiger partial charge is 0.401 e. The number of nitrogens with zero attached hydrogens (tertiary/aromatic N) is 1. The van der Waals surface area contributed by atoms with Gasteiger partial charge in [0.2, 0.25) is 0 Å². The molecule has 6 heteroatoms. The molecule has 3 nitrogen and oxygen atoms in total. The van der Waals surface area contributed by atoms with Gasteiger partial charge in [0.15, 0.2) is 0 Å². The average molecular weight is 238 g/mol. The van der Waals surface area contributed by atoms with Crippen molar-refractivity contribution >= 4 is 0 Å². The van der Waals surface area contributed by atoms with Crippen molar-refractivity contribution in [3.63, 3.8) is 0 Å². The first-order valence-corrected chi connectivity index (χ1v) is 5.68. The van der Waals surface area contributed by atoms with Crippen molar-refractivity contribution in [2.45, 2.75) is 31.2 Å². The van der Waals surface area contributed by atoms with Crippen LogP contribution in [-0.2, 0) is 4.74 Å². The lowest BCUT2D eigenvalue weighted by Crippen LogP contribution is -2.45. The minimum atomic E-state index is -4.11. The van der Waals surface area contributed by atoms with E-state index in [1.807, 2.05) is 0 Å². The van der Waals surface area contributed by atoms with Gasteiger partial charge in [0, 0.05) is 26.2 Å². The Balaban J connectivity index is 1.60. The van der Waals surface area contributed by atoms with Crippen LogP contribution in [0.15, 0.2) is 0 Å². The molecule has 2 saturated heterocycles. The second kappa shape index (κ2) is 4.89. The van der Waals surface area contributed by atoms with E-state index in [0.29, 0.717) is 25.3 Å². The number of hydrogen-bond donors (Lipinski definition) is 1. The second-order valence-electron chi connectivity index (χ2n) is 4.51. The quantitative estimate of drug-likeness (QED) is 0.740. The van der Waals surface area contributed by atoms with Crippen molar-refractivity contribution in [3.05, 3.63) is 0 Å². The summed E-state index contributed by atoms with van der Waals surface area (Å²) < 4.78 is 41.2. The molecule has 0 aromatic carbocycles. The summed E-state index contributed by atoms with van der Waals surface area (Å²) in [7, 11) is 0. The Bertz CT molecular complexity index is 223. The molecule has 1 N–H and O–H groups in total.